The fraction of sp³-hybridized carbons (Fsp3) is 0.450. The van der Waals surface area contributed by atoms with E-state index in [1.807, 2.05) is 6.92 Å². The third-order valence-corrected chi connectivity index (χ3v) is 4.61. The molecule has 2 unspecified atom stereocenters. The Balaban J connectivity index is 1.83. The molecule has 1 fully saturated rings. The van der Waals surface area contributed by atoms with Crippen LogP contribution in [-0.2, 0) is 4.74 Å². The molecule has 0 saturated carbocycles. The van der Waals surface area contributed by atoms with E-state index in [9.17, 15) is 9.59 Å². The minimum absolute atomic E-state index is 0.0812. The van der Waals surface area contributed by atoms with Crippen LogP contribution in [0.2, 0.25) is 0 Å². The van der Waals surface area contributed by atoms with Gasteiger partial charge >= 0.3 is 0 Å². The molecule has 1 aliphatic heterocycles. The van der Waals surface area contributed by atoms with E-state index in [1.54, 1.807) is 29.9 Å². The summed E-state index contributed by atoms with van der Waals surface area (Å²) in [6.07, 6.45) is 5.58. The summed E-state index contributed by atoms with van der Waals surface area (Å²) in [4.78, 5) is 29.4. The Morgan fingerprint density at radius 1 is 1.38 bits per heavy atom. The highest BCUT2D eigenvalue weighted by Crippen LogP contribution is 2.25. The lowest BCUT2D eigenvalue weighted by Gasteiger charge is -2.22. The molecule has 2 N–H and O–H groups in total. The van der Waals surface area contributed by atoms with Gasteiger partial charge in [0.15, 0.2) is 5.69 Å². The maximum absolute atomic E-state index is 12.6. The Kier molecular flexibility index (Phi) is 6.57. The van der Waals surface area contributed by atoms with Crippen molar-refractivity contribution in [3.05, 3.63) is 41.5 Å². The number of rotatable bonds is 6. The second kappa shape index (κ2) is 9.30. The van der Waals surface area contributed by atoms with Gasteiger partial charge in [0.05, 0.1) is 29.4 Å². The van der Waals surface area contributed by atoms with Crippen LogP contribution in [0.4, 0.5) is 5.69 Å². The molecular weight excluding hydrogens is 372 g/mol. The summed E-state index contributed by atoms with van der Waals surface area (Å²) in [5.74, 6) is -1.18. The zero-order valence-corrected chi connectivity index (χ0v) is 16.5. The van der Waals surface area contributed by atoms with E-state index in [0.29, 0.717) is 12.2 Å². The maximum Gasteiger partial charge on any atom is 0.274 e. The number of carbonyl (C=O) groups is 2. The highest BCUT2D eigenvalue weighted by molar-refractivity contribution is 6.08. The topological polar surface area (TPSA) is 122 Å². The summed E-state index contributed by atoms with van der Waals surface area (Å²) in [6, 6.07) is 5.47. The van der Waals surface area contributed by atoms with Crippen LogP contribution in [0.15, 0.2) is 24.5 Å². The third kappa shape index (κ3) is 5.18. The Bertz CT molecular complexity index is 909. The number of ether oxygens (including phenoxy) is 1. The fourth-order valence-electron chi connectivity index (χ4n) is 2.90. The van der Waals surface area contributed by atoms with Crippen LogP contribution in [0.1, 0.15) is 59.0 Å². The summed E-state index contributed by atoms with van der Waals surface area (Å²) in [6.45, 7) is 4.36. The summed E-state index contributed by atoms with van der Waals surface area (Å²) >= 11 is 0. The quantitative estimate of drug-likeness (QED) is 0.773. The van der Waals surface area contributed by atoms with Crippen molar-refractivity contribution in [3.63, 3.8) is 0 Å². The first-order chi connectivity index (χ1) is 14.0. The number of nitriles is 1. The second-order valence-corrected chi connectivity index (χ2v) is 7.08. The molecule has 0 spiro atoms. The van der Waals surface area contributed by atoms with Gasteiger partial charge < -0.3 is 15.4 Å². The van der Waals surface area contributed by atoms with Gasteiger partial charge in [0.1, 0.15) is 6.23 Å². The van der Waals surface area contributed by atoms with E-state index in [0.717, 1.165) is 25.0 Å². The molecule has 152 valence electrons. The Morgan fingerprint density at radius 2 is 2.21 bits per heavy atom. The molecule has 9 heteroatoms. The predicted molar refractivity (Wildman–Crippen MR) is 105 cm³/mol. The van der Waals surface area contributed by atoms with Crippen molar-refractivity contribution in [2.75, 3.05) is 18.5 Å². The van der Waals surface area contributed by atoms with Gasteiger partial charge in [0, 0.05) is 25.0 Å². The van der Waals surface area contributed by atoms with E-state index >= 15 is 0 Å². The van der Waals surface area contributed by atoms with Gasteiger partial charge in [-0.2, -0.15) is 10.4 Å². The molecule has 1 aliphatic rings. The zero-order valence-electron chi connectivity index (χ0n) is 16.5. The van der Waals surface area contributed by atoms with Crippen LogP contribution in [0.3, 0.4) is 0 Å². The van der Waals surface area contributed by atoms with Crippen molar-refractivity contribution in [2.24, 2.45) is 5.92 Å². The molecule has 0 bridgehead atoms. The smallest absolute Gasteiger partial charge is 0.274 e. The van der Waals surface area contributed by atoms with Crippen molar-refractivity contribution < 1.29 is 14.3 Å². The van der Waals surface area contributed by atoms with Gasteiger partial charge in [0.2, 0.25) is 0 Å². The Labute approximate surface area is 169 Å². The predicted octanol–water partition coefficient (Wildman–Crippen LogP) is 2.43. The molecule has 1 saturated heterocycles. The number of hydrogen-bond donors (Lipinski definition) is 2. The summed E-state index contributed by atoms with van der Waals surface area (Å²) < 4.78 is 7.31. The van der Waals surface area contributed by atoms with Gasteiger partial charge in [-0.15, -0.1) is 0 Å². The van der Waals surface area contributed by atoms with E-state index in [4.69, 9.17) is 10.00 Å². The number of anilines is 1. The molecule has 29 heavy (non-hydrogen) atoms. The van der Waals surface area contributed by atoms with Crippen molar-refractivity contribution in [2.45, 2.75) is 39.3 Å². The molecule has 0 aliphatic carbocycles. The molecule has 9 nitrogen and oxygen atoms in total. The molecule has 3 heterocycles. The lowest BCUT2D eigenvalue weighted by molar-refractivity contribution is -0.0395. The van der Waals surface area contributed by atoms with Crippen LogP contribution in [-0.4, -0.2) is 39.7 Å². The molecule has 2 aromatic rings. The lowest BCUT2D eigenvalue weighted by Crippen LogP contribution is -2.29. The molecular formula is C20H24N6O3. The first-order valence-corrected chi connectivity index (χ1v) is 9.60. The average Bonchev–Trinajstić information content (AvgIpc) is 3.16. The van der Waals surface area contributed by atoms with Crippen LogP contribution < -0.4 is 10.6 Å². The van der Waals surface area contributed by atoms with Crippen LogP contribution in [0.5, 0.6) is 0 Å². The largest absolute Gasteiger partial charge is 0.357 e. The normalized spacial score (nSPS) is 17.2. The van der Waals surface area contributed by atoms with Gasteiger partial charge in [-0.1, -0.05) is 0 Å². The van der Waals surface area contributed by atoms with Gasteiger partial charge in [-0.3, -0.25) is 14.6 Å². The van der Waals surface area contributed by atoms with Crippen LogP contribution >= 0.6 is 0 Å². The minimum atomic E-state index is -0.459. The number of carbonyl (C=O) groups excluding carboxylic acids is 2. The lowest BCUT2D eigenvalue weighted by atomic mass is 10.2. The number of pyridine rings is 1. The molecule has 2 aromatic heterocycles. The summed E-state index contributed by atoms with van der Waals surface area (Å²) in [7, 11) is 0. The Hall–Kier alpha value is -3.25. The fourth-order valence-corrected chi connectivity index (χ4v) is 2.90. The highest BCUT2D eigenvalue weighted by atomic mass is 16.5. The maximum atomic E-state index is 12.6. The third-order valence-electron chi connectivity index (χ3n) is 4.61. The minimum Gasteiger partial charge on any atom is -0.357 e. The number of aromatic nitrogens is 3. The van der Waals surface area contributed by atoms with E-state index in [2.05, 4.69) is 26.8 Å². The van der Waals surface area contributed by atoms with Crippen LogP contribution in [0.25, 0.3) is 0 Å². The van der Waals surface area contributed by atoms with Crippen molar-refractivity contribution in [3.8, 4) is 6.07 Å². The van der Waals surface area contributed by atoms with E-state index in [1.165, 1.54) is 6.20 Å². The van der Waals surface area contributed by atoms with Crippen molar-refractivity contribution >= 4 is 17.5 Å². The number of amides is 2. The molecule has 2 amide bonds. The number of nitrogens with one attached hydrogen (secondary N) is 2. The SMILES string of the molecule is Cc1ccc(C(=O)Nc2cn(C3CCCCO3)nc2C(=O)NCC(C)C#N)cn1. The second-order valence-electron chi connectivity index (χ2n) is 7.08. The highest BCUT2D eigenvalue weighted by Gasteiger charge is 2.24. The number of hydrogen-bond acceptors (Lipinski definition) is 6. The first-order valence-electron chi connectivity index (χ1n) is 9.60. The number of aryl methyl sites for hydroxylation is 1. The van der Waals surface area contributed by atoms with Crippen molar-refractivity contribution in [1.29, 1.82) is 5.26 Å². The van der Waals surface area contributed by atoms with Gasteiger partial charge in [-0.25, -0.2) is 4.68 Å². The molecule has 2 atom stereocenters. The average molecular weight is 396 g/mol. The summed E-state index contributed by atoms with van der Waals surface area (Å²) in [5, 5.41) is 18.7. The molecule has 3 rings (SSSR count). The standard InChI is InChI=1S/C20H24N6O3/c1-13(9-21)10-23-20(28)18-16(12-26(25-18)17-5-3-4-8-29-17)24-19(27)15-7-6-14(2)22-11-15/h6-7,11-13,17H,3-5,8,10H2,1-2H3,(H,23,28)(H,24,27). The zero-order chi connectivity index (χ0) is 20.8. The van der Waals surface area contributed by atoms with Gasteiger partial charge in [-0.05, 0) is 45.2 Å². The summed E-state index contributed by atoms with van der Waals surface area (Å²) in [5.41, 5.74) is 1.54. The van der Waals surface area contributed by atoms with Crippen LogP contribution in [0, 0.1) is 24.2 Å². The Morgan fingerprint density at radius 3 is 2.86 bits per heavy atom. The monoisotopic (exact) mass is 396 g/mol. The van der Waals surface area contributed by atoms with E-state index < -0.39 is 5.91 Å². The number of nitrogens with zero attached hydrogens (tertiary/aromatic N) is 4. The molecule has 0 radical (unpaired) electrons. The van der Waals surface area contributed by atoms with Gasteiger partial charge in [0.25, 0.3) is 11.8 Å². The molecule has 0 aromatic carbocycles. The first kappa shape index (κ1) is 20.5. The van der Waals surface area contributed by atoms with E-state index in [-0.39, 0.29) is 36.0 Å². The van der Waals surface area contributed by atoms with Crippen molar-refractivity contribution in [1.82, 2.24) is 20.1 Å².